The summed E-state index contributed by atoms with van der Waals surface area (Å²) in [4.78, 5) is 31.2. The van der Waals surface area contributed by atoms with Crippen molar-refractivity contribution in [2.75, 3.05) is 38.2 Å². The summed E-state index contributed by atoms with van der Waals surface area (Å²) in [5, 5.41) is 15.9. The number of hydrogen-bond donors (Lipinski definition) is 3. The van der Waals surface area contributed by atoms with Gasteiger partial charge in [-0.15, -0.1) is 0 Å². The number of carbonyl (C=O) groups is 1. The molecule has 0 amide bonds. The molecule has 1 aliphatic rings. The number of carboxylic acids is 1. The summed E-state index contributed by atoms with van der Waals surface area (Å²) in [7, 11) is 0. The molecule has 3 aromatic rings. The number of halogens is 5. The van der Waals surface area contributed by atoms with E-state index in [4.69, 9.17) is 22.1 Å². The van der Waals surface area contributed by atoms with Crippen LogP contribution < -0.4 is 16.6 Å². The predicted molar refractivity (Wildman–Crippen MR) is 152 cm³/mol. The number of aromatic carboxylic acids is 1. The van der Waals surface area contributed by atoms with Gasteiger partial charge in [-0.25, -0.2) is 18.9 Å². The molecule has 11 nitrogen and oxygen atoms in total. The maximum absolute atomic E-state index is 13.5. The van der Waals surface area contributed by atoms with Gasteiger partial charge in [0.2, 0.25) is 0 Å². The molecular formula is C27H26ClF4N7O4. The minimum atomic E-state index is -4.75. The van der Waals surface area contributed by atoms with Crippen molar-refractivity contribution < 1.29 is 32.2 Å². The zero-order chi connectivity index (χ0) is 31.3. The zero-order valence-electron chi connectivity index (χ0n) is 22.4. The standard InChI is InChI=1S/C27H26ClF4N7O4/c1-16(35-18-2-3-22(29)21(28)13-18)34-14-20(24(33)39-5-4-23(36-39)27(30,31)32)17-12-19(26(41)42)25(40)38(15-17)7-6-37-8-10-43-11-9-37/h2-5,12-15,35H,1,6-11,33H2,(H,41,42)/b24-20-,34-14-. The molecule has 0 aliphatic carbocycles. The van der Waals surface area contributed by atoms with E-state index in [1.165, 1.54) is 22.9 Å². The van der Waals surface area contributed by atoms with Crippen LogP contribution in [-0.4, -0.2) is 69.4 Å². The molecule has 43 heavy (non-hydrogen) atoms. The van der Waals surface area contributed by atoms with Crippen molar-refractivity contribution in [3.63, 3.8) is 0 Å². The maximum atomic E-state index is 13.5. The van der Waals surface area contributed by atoms with Crippen LogP contribution in [0.2, 0.25) is 5.02 Å². The second kappa shape index (κ2) is 13.2. The molecule has 4 rings (SSSR count). The van der Waals surface area contributed by atoms with Crippen molar-refractivity contribution in [1.29, 1.82) is 0 Å². The first-order chi connectivity index (χ1) is 20.3. The van der Waals surface area contributed by atoms with Crippen LogP contribution in [0.3, 0.4) is 0 Å². The second-order valence-electron chi connectivity index (χ2n) is 9.30. The summed E-state index contributed by atoms with van der Waals surface area (Å²) >= 11 is 5.81. The van der Waals surface area contributed by atoms with Gasteiger partial charge in [0.25, 0.3) is 5.56 Å². The smallest absolute Gasteiger partial charge is 0.435 e. The Labute approximate surface area is 247 Å². The first-order valence-corrected chi connectivity index (χ1v) is 13.1. The lowest BCUT2D eigenvalue weighted by Gasteiger charge is -2.26. The fourth-order valence-corrected chi connectivity index (χ4v) is 4.29. The third-order valence-corrected chi connectivity index (χ3v) is 6.64. The number of nitrogens with zero attached hydrogens (tertiary/aromatic N) is 5. The molecule has 1 aliphatic heterocycles. The van der Waals surface area contributed by atoms with Crippen molar-refractivity contribution in [3.05, 3.63) is 93.1 Å². The van der Waals surface area contributed by atoms with Gasteiger partial charge >= 0.3 is 12.1 Å². The lowest BCUT2D eigenvalue weighted by atomic mass is 10.1. The zero-order valence-corrected chi connectivity index (χ0v) is 23.2. The van der Waals surface area contributed by atoms with Gasteiger partial charge in [-0.3, -0.25) is 9.69 Å². The van der Waals surface area contributed by atoms with Crippen LogP contribution in [0, 0.1) is 5.82 Å². The summed E-state index contributed by atoms with van der Waals surface area (Å²) in [5.74, 6) is -2.52. The Kier molecular flexibility index (Phi) is 9.68. The number of rotatable bonds is 10. The van der Waals surface area contributed by atoms with Crippen molar-refractivity contribution >= 4 is 40.9 Å². The number of allylic oxidation sites excluding steroid dienone is 1. The van der Waals surface area contributed by atoms with Gasteiger partial charge in [-0.05, 0) is 30.3 Å². The number of nitrogens with two attached hydrogens (primary N) is 1. The summed E-state index contributed by atoms with van der Waals surface area (Å²) < 4.78 is 60.6. The number of anilines is 1. The minimum Gasteiger partial charge on any atom is -0.477 e. The van der Waals surface area contributed by atoms with E-state index in [-0.39, 0.29) is 34.3 Å². The average Bonchev–Trinajstić information content (AvgIpc) is 3.47. The van der Waals surface area contributed by atoms with Crippen molar-refractivity contribution in [1.82, 2.24) is 19.2 Å². The highest BCUT2D eigenvalue weighted by atomic mass is 35.5. The highest BCUT2D eigenvalue weighted by molar-refractivity contribution is 6.31. The quantitative estimate of drug-likeness (QED) is 0.229. The van der Waals surface area contributed by atoms with Gasteiger partial charge in [0.1, 0.15) is 23.0 Å². The molecule has 16 heteroatoms. The van der Waals surface area contributed by atoms with E-state index in [0.29, 0.717) is 44.6 Å². The SMILES string of the molecule is C=C(/N=C\C(=C(/N)n1ccc(C(F)(F)F)n1)c1cc(C(=O)O)c(=O)n(CCN2CCOCC2)c1)Nc1ccc(F)c(Cl)c1. The molecule has 0 spiro atoms. The summed E-state index contributed by atoms with van der Waals surface area (Å²) in [6.45, 7) is 6.54. The van der Waals surface area contributed by atoms with E-state index in [1.54, 1.807) is 0 Å². The fourth-order valence-electron chi connectivity index (χ4n) is 4.11. The Morgan fingerprint density at radius 1 is 1.23 bits per heavy atom. The Bertz CT molecular complexity index is 1640. The number of pyridine rings is 1. The molecule has 0 atom stereocenters. The van der Waals surface area contributed by atoms with E-state index in [0.717, 1.165) is 29.2 Å². The molecule has 1 fully saturated rings. The minimum absolute atomic E-state index is 0.0106. The van der Waals surface area contributed by atoms with Crippen LogP contribution in [0.1, 0.15) is 21.6 Å². The van der Waals surface area contributed by atoms with E-state index < -0.39 is 34.8 Å². The van der Waals surface area contributed by atoms with Gasteiger partial charge < -0.3 is 25.5 Å². The number of aromatic nitrogens is 3. The van der Waals surface area contributed by atoms with Gasteiger partial charge in [-0.1, -0.05) is 18.2 Å². The number of nitrogens with one attached hydrogen (secondary N) is 1. The number of carboxylic acid groups (broad SMARTS) is 1. The Balaban J connectivity index is 1.76. The number of ether oxygens (including phenoxy) is 1. The van der Waals surface area contributed by atoms with Crippen LogP contribution in [0.4, 0.5) is 23.2 Å². The van der Waals surface area contributed by atoms with E-state index >= 15 is 0 Å². The molecule has 1 saturated heterocycles. The molecule has 0 saturated carbocycles. The topological polar surface area (TPSA) is 140 Å². The molecule has 3 heterocycles. The van der Waals surface area contributed by atoms with Gasteiger partial charge in [-0.2, -0.15) is 18.3 Å². The molecule has 2 aromatic heterocycles. The third-order valence-electron chi connectivity index (χ3n) is 6.35. The molecule has 1 aromatic carbocycles. The highest BCUT2D eigenvalue weighted by Gasteiger charge is 2.34. The molecule has 4 N–H and O–H groups in total. The van der Waals surface area contributed by atoms with E-state index in [1.807, 2.05) is 4.90 Å². The van der Waals surface area contributed by atoms with Crippen LogP contribution in [0.15, 0.2) is 64.9 Å². The maximum Gasteiger partial charge on any atom is 0.435 e. The fraction of sp³-hybridized carbons (Fsp3) is 0.259. The number of hydrogen-bond acceptors (Lipinski definition) is 8. The Hall–Kier alpha value is -4.47. The number of benzene rings is 1. The van der Waals surface area contributed by atoms with Crippen molar-refractivity contribution in [3.8, 4) is 0 Å². The van der Waals surface area contributed by atoms with E-state index in [9.17, 15) is 32.3 Å². The van der Waals surface area contributed by atoms with Gasteiger partial charge in [0, 0.05) is 61.6 Å². The Morgan fingerprint density at radius 3 is 2.58 bits per heavy atom. The first kappa shape index (κ1) is 31.5. The molecule has 0 radical (unpaired) electrons. The van der Waals surface area contributed by atoms with Gasteiger partial charge in [0.15, 0.2) is 5.69 Å². The monoisotopic (exact) mass is 623 g/mol. The highest BCUT2D eigenvalue weighted by Crippen LogP contribution is 2.28. The number of alkyl halides is 3. The summed E-state index contributed by atoms with van der Waals surface area (Å²) in [6, 6.07) is 5.54. The van der Waals surface area contributed by atoms with Crippen molar-refractivity contribution in [2.45, 2.75) is 12.7 Å². The number of aliphatic imine (C=N–C) groups is 1. The molecule has 228 valence electrons. The second-order valence-corrected chi connectivity index (χ2v) is 9.71. The average molecular weight is 624 g/mol. The van der Waals surface area contributed by atoms with Crippen LogP contribution in [0.25, 0.3) is 11.4 Å². The molecular weight excluding hydrogens is 598 g/mol. The number of morpholine rings is 1. The summed E-state index contributed by atoms with van der Waals surface area (Å²) in [5.41, 5.74) is 4.00. The van der Waals surface area contributed by atoms with Gasteiger partial charge in [0.05, 0.1) is 18.2 Å². The Morgan fingerprint density at radius 2 is 1.95 bits per heavy atom. The third kappa shape index (κ3) is 7.88. The lowest BCUT2D eigenvalue weighted by molar-refractivity contribution is -0.141. The van der Waals surface area contributed by atoms with E-state index in [2.05, 4.69) is 22.0 Å². The summed E-state index contributed by atoms with van der Waals surface area (Å²) in [6.07, 6.45) is -1.31. The predicted octanol–water partition coefficient (Wildman–Crippen LogP) is 3.83. The lowest BCUT2D eigenvalue weighted by Crippen LogP contribution is -2.39. The van der Waals surface area contributed by atoms with Crippen molar-refractivity contribution in [2.24, 2.45) is 10.7 Å². The van der Waals surface area contributed by atoms with Crippen LogP contribution >= 0.6 is 11.6 Å². The first-order valence-electron chi connectivity index (χ1n) is 12.7. The van der Waals surface area contributed by atoms with Crippen LogP contribution in [0.5, 0.6) is 0 Å². The molecule has 0 bridgehead atoms. The molecule has 0 unspecified atom stereocenters. The normalized spacial score (nSPS) is 15.0. The largest absolute Gasteiger partial charge is 0.477 e. The van der Waals surface area contributed by atoms with Crippen LogP contribution in [-0.2, 0) is 17.5 Å².